The minimum atomic E-state index is -3.19. The van der Waals surface area contributed by atoms with E-state index in [1.54, 1.807) is 0 Å². The van der Waals surface area contributed by atoms with E-state index in [-0.39, 0.29) is 17.9 Å². The number of likely N-dealkylation sites (tertiary alicyclic amines) is 1. The van der Waals surface area contributed by atoms with E-state index in [1.807, 2.05) is 29.2 Å². The highest BCUT2D eigenvalue weighted by Gasteiger charge is 2.36. The lowest BCUT2D eigenvalue weighted by Gasteiger charge is -2.37. The Morgan fingerprint density at radius 1 is 1.33 bits per heavy atom. The third kappa shape index (κ3) is 3.89. The Balaban J connectivity index is 1.68. The van der Waals surface area contributed by atoms with Crippen molar-refractivity contribution in [3.8, 4) is 5.75 Å². The lowest BCUT2D eigenvalue weighted by Crippen LogP contribution is -2.47. The number of rotatable bonds is 5. The van der Waals surface area contributed by atoms with Gasteiger partial charge in [0.25, 0.3) is 0 Å². The van der Waals surface area contributed by atoms with Crippen molar-refractivity contribution in [1.29, 1.82) is 0 Å². The topological polar surface area (TPSA) is 75.7 Å². The van der Waals surface area contributed by atoms with Gasteiger partial charge in [-0.2, -0.15) is 0 Å². The first kappa shape index (κ1) is 17.2. The standard InChI is InChI=1S/C17H24N2O4S/c1-24(21,22)18-10-9-13-6-4-5-11-19(13)17(20)15-12-23-16-8-3-2-7-14(15)16/h2-3,7-8,13,15,18H,4-6,9-12H2,1H3/t13-,15+/m1/s1. The molecule has 1 saturated heterocycles. The third-order valence-corrected chi connectivity index (χ3v) is 5.48. The predicted molar refractivity (Wildman–Crippen MR) is 91.5 cm³/mol. The van der Waals surface area contributed by atoms with Crippen LogP contribution in [-0.4, -0.2) is 51.2 Å². The van der Waals surface area contributed by atoms with Crippen LogP contribution in [0.2, 0.25) is 0 Å². The van der Waals surface area contributed by atoms with E-state index in [4.69, 9.17) is 4.74 Å². The Morgan fingerprint density at radius 2 is 2.12 bits per heavy atom. The molecule has 1 aromatic carbocycles. The van der Waals surface area contributed by atoms with Crippen molar-refractivity contribution in [3.63, 3.8) is 0 Å². The summed E-state index contributed by atoms with van der Waals surface area (Å²) in [6.07, 6.45) is 4.80. The summed E-state index contributed by atoms with van der Waals surface area (Å²) < 4.78 is 30.6. The maximum absolute atomic E-state index is 13.0. The average Bonchev–Trinajstić information content (AvgIpc) is 2.97. The zero-order chi connectivity index (χ0) is 17.2. The molecular weight excluding hydrogens is 328 g/mol. The van der Waals surface area contributed by atoms with Gasteiger partial charge in [-0.15, -0.1) is 0 Å². The van der Waals surface area contributed by atoms with Crippen LogP contribution < -0.4 is 9.46 Å². The van der Waals surface area contributed by atoms with Crippen molar-refractivity contribution < 1.29 is 17.9 Å². The summed E-state index contributed by atoms with van der Waals surface area (Å²) in [6.45, 7) is 1.50. The predicted octanol–water partition coefficient (Wildman–Crippen LogP) is 1.48. The minimum absolute atomic E-state index is 0.0910. The van der Waals surface area contributed by atoms with Gasteiger partial charge in [0.1, 0.15) is 18.3 Å². The number of nitrogens with zero attached hydrogens (tertiary/aromatic N) is 1. The zero-order valence-corrected chi connectivity index (χ0v) is 14.7. The number of benzene rings is 1. The van der Waals surface area contributed by atoms with E-state index in [9.17, 15) is 13.2 Å². The SMILES string of the molecule is CS(=O)(=O)NCC[C@H]1CCCCN1C(=O)[C@H]1COc2ccccc21. The highest BCUT2D eigenvalue weighted by atomic mass is 32.2. The molecule has 1 aromatic rings. The maximum atomic E-state index is 13.0. The van der Waals surface area contributed by atoms with Gasteiger partial charge in [0.2, 0.25) is 15.9 Å². The van der Waals surface area contributed by atoms with Crippen molar-refractivity contribution in [2.24, 2.45) is 0 Å². The zero-order valence-electron chi connectivity index (χ0n) is 13.9. The first-order valence-corrected chi connectivity index (χ1v) is 10.3. The molecule has 7 heteroatoms. The van der Waals surface area contributed by atoms with Crippen molar-refractivity contribution in [3.05, 3.63) is 29.8 Å². The number of hydrogen-bond acceptors (Lipinski definition) is 4. The number of amides is 1. The summed E-state index contributed by atoms with van der Waals surface area (Å²) in [5.41, 5.74) is 0.959. The molecule has 2 aliphatic rings. The number of ether oxygens (including phenoxy) is 1. The smallest absolute Gasteiger partial charge is 0.233 e. The molecule has 0 saturated carbocycles. The molecule has 2 heterocycles. The van der Waals surface area contributed by atoms with Crippen LogP contribution in [0.4, 0.5) is 0 Å². The van der Waals surface area contributed by atoms with Gasteiger partial charge in [0.05, 0.1) is 6.26 Å². The summed E-state index contributed by atoms with van der Waals surface area (Å²) in [7, 11) is -3.19. The van der Waals surface area contributed by atoms with Crippen LogP contribution in [0.15, 0.2) is 24.3 Å². The number of nitrogens with one attached hydrogen (secondary N) is 1. The number of hydrogen-bond donors (Lipinski definition) is 1. The van der Waals surface area contributed by atoms with Crippen molar-refractivity contribution in [2.45, 2.75) is 37.6 Å². The summed E-state index contributed by atoms with van der Waals surface area (Å²) in [6, 6.07) is 7.78. The van der Waals surface area contributed by atoms with Crippen molar-refractivity contribution >= 4 is 15.9 Å². The Labute approximate surface area is 143 Å². The second-order valence-corrected chi connectivity index (χ2v) is 8.37. The summed E-state index contributed by atoms with van der Waals surface area (Å²) in [4.78, 5) is 15.0. The fourth-order valence-corrected chi connectivity index (χ4v) is 4.06. The van der Waals surface area contributed by atoms with E-state index in [1.165, 1.54) is 0 Å². The quantitative estimate of drug-likeness (QED) is 0.871. The summed E-state index contributed by atoms with van der Waals surface area (Å²) in [5.74, 6) is 0.650. The monoisotopic (exact) mass is 352 g/mol. The number of fused-ring (bicyclic) bond motifs is 1. The van der Waals surface area contributed by atoms with Crippen LogP contribution in [-0.2, 0) is 14.8 Å². The molecule has 0 bridgehead atoms. The van der Waals surface area contributed by atoms with Crippen molar-refractivity contribution in [2.75, 3.05) is 26.0 Å². The largest absolute Gasteiger partial charge is 0.492 e. The molecule has 3 rings (SSSR count). The summed E-state index contributed by atoms with van der Waals surface area (Å²) in [5, 5.41) is 0. The van der Waals surface area contributed by atoms with Crippen LogP contribution in [0.5, 0.6) is 5.75 Å². The molecule has 132 valence electrons. The van der Waals surface area contributed by atoms with Crippen LogP contribution >= 0.6 is 0 Å². The second-order valence-electron chi connectivity index (χ2n) is 6.54. The second kappa shape index (κ2) is 7.11. The van der Waals surface area contributed by atoms with Gasteiger partial charge in [-0.25, -0.2) is 13.1 Å². The Hall–Kier alpha value is -1.60. The number of piperidine rings is 1. The molecule has 2 aliphatic heterocycles. The average molecular weight is 352 g/mol. The molecule has 0 aliphatic carbocycles. The Bertz CT molecular complexity index is 704. The van der Waals surface area contributed by atoms with Gasteiger partial charge in [-0.05, 0) is 31.7 Å². The van der Waals surface area contributed by atoms with Gasteiger partial charge in [0, 0.05) is 24.7 Å². The fraction of sp³-hybridized carbons (Fsp3) is 0.588. The highest BCUT2D eigenvalue weighted by molar-refractivity contribution is 7.88. The van der Waals surface area contributed by atoms with E-state index in [0.29, 0.717) is 19.6 Å². The van der Waals surface area contributed by atoms with Crippen LogP contribution in [0.3, 0.4) is 0 Å². The molecule has 24 heavy (non-hydrogen) atoms. The minimum Gasteiger partial charge on any atom is -0.492 e. The lowest BCUT2D eigenvalue weighted by molar-refractivity contribution is -0.136. The highest BCUT2D eigenvalue weighted by Crippen LogP contribution is 2.36. The van der Waals surface area contributed by atoms with Gasteiger partial charge >= 0.3 is 0 Å². The van der Waals surface area contributed by atoms with Crippen molar-refractivity contribution in [1.82, 2.24) is 9.62 Å². The maximum Gasteiger partial charge on any atom is 0.233 e. The molecular formula is C17H24N2O4S. The van der Waals surface area contributed by atoms with E-state index < -0.39 is 10.0 Å². The Morgan fingerprint density at radius 3 is 2.92 bits per heavy atom. The fourth-order valence-electron chi connectivity index (χ4n) is 3.57. The Kier molecular flexibility index (Phi) is 5.10. The van der Waals surface area contributed by atoms with Gasteiger partial charge in [-0.1, -0.05) is 18.2 Å². The molecule has 6 nitrogen and oxygen atoms in total. The molecule has 0 unspecified atom stereocenters. The van der Waals surface area contributed by atoms with Gasteiger partial charge in [0.15, 0.2) is 0 Å². The number of carbonyl (C=O) groups is 1. The van der Waals surface area contributed by atoms with Gasteiger partial charge in [-0.3, -0.25) is 4.79 Å². The number of carbonyl (C=O) groups excluding carboxylic acids is 1. The summed E-state index contributed by atoms with van der Waals surface area (Å²) >= 11 is 0. The molecule has 0 spiro atoms. The van der Waals surface area contributed by atoms with E-state index in [0.717, 1.165) is 43.4 Å². The molecule has 0 aromatic heterocycles. The van der Waals surface area contributed by atoms with E-state index >= 15 is 0 Å². The molecule has 1 N–H and O–H groups in total. The third-order valence-electron chi connectivity index (χ3n) is 4.75. The number of sulfonamides is 1. The first-order chi connectivity index (χ1) is 11.5. The van der Waals surface area contributed by atoms with Crippen LogP contribution in [0.25, 0.3) is 0 Å². The molecule has 2 atom stereocenters. The lowest BCUT2D eigenvalue weighted by atomic mass is 9.94. The molecule has 0 radical (unpaired) electrons. The number of para-hydroxylation sites is 1. The van der Waals surface area contributed by atoms with Crippen LogP contribution in [0, 0.1) is 0 Å². The molecule has 1 amide bonds. The first-order valence-electron chi connectivity index (χ1n) is 8.42. The molecule has 1 fully saturated rings. The van der Waals surface area contributed by atoms with Crippen LogP contribution in [0.1, 0.15) is 37.2 Å². The van der Waals surface area contributed by atoms with Gasteiger partial charge < -0.3 is 9.64 Å². The normalized spacial score (nSPS) is 23.6. The van der Waals surface area contributed by atoms with E-state index in [2.05, 4.69) is 4.72 Å².